The van der Waals surface area contributed by atoms with Crippen LogP contribution in [0.1, 0.15) is 32.1 Å². The average molecular weight is 311 g/mol. The fourth-order valence-electron chi connectivity index (χ4n) is 3.79. The van der Waals surface area contributed by atoms with Crippen molar-refractivity contribution in [3.05, 3.63) is 36.7 Å². The third-order valence-electron chi connectivity index (χ3n) is 5.00. The number of aromatic nitrogens is 3. The minimum atomic E-state index is -0.0573. The molecule has 1 aromatic heterocycles. The minimum Gasteiger partial charge on any atom is -0.325 e. The summed E-state index contributed by atoms with van der Waals surface area (Å²) >= 11 is 0. The van der Waals surface area contributed by atoms with E-state index in [-0.39, 0.29) is 11.9 Å². The number of benzene rings is 1. The van der Waals surface area contributed by atoms with Gasteiger partial charge < -0.3 is 10.6 Å². The molecule has 1 aliphatic heterocycles. The van der Waals surface area contributed by atoms with Gasteiger partial charge in [0.25, 0.3) is 0 Å². The molecule has 6 heteroatoms. The maximum atomic E-state index is 12.5. The Hall–Kier alpha value is -2.21. The molecular weight excluding hydrogens is 290 g/mol. The zero-order valence-corrected chi connectivity index (χ0v) is 13.0. The molecule has 1 aliphatic carbocycles. The number of nitrogens with one attached hydrogen (secondary N) is 2. The summed E-state index contributed by atoms with van der Waals surface area (Å²) in [5, 5.41) is 14.3. The Balaban J connectivity index is 1.39. The van der Waals surface area contributed by atoms with Crippen LogP contribution in [0.3, 0.4) is 0 Å². The van der Waals surface area contributed by atoms with Crippen LogP contribution in [0.25, 0.3) is 5.69 Å². The van der Waals surface area contributed by atoms with E-state index in [0.717, 1.165) is 17.8 Å². The molecular formula is C17H21N5O. The lowest BCUT2D eigenvalue weighted by Gasteiger charge is -2.24. The summed E-state index contributed by atoms with van der Waals surface area (Å²) in [6, 6.07) is 8.12. The van der Waals surface area contributed by atoms with E-state index in [1.165, 1.54) is 25.7 Å². The summed E-state index contributed by atoms with van der Waals surface area (Å²) in [4.78, 5) is 12.5. The number of carbonyl (C=O) groups excluding carboxylic acids is 1. The van der Waals surface area contributed by atoms with Crippen LogP contribution in [0.5, 0.6) is 0 Å². The summed E-state index contributed by atoms with van der Waals surface area (Å²) in [6.07, 6.45) is 9.45. The Bertz CT molecular complexity index is 653. The summed E-state index contributed by atoms with van der Waals surface area (Å²) in [5.74, 6) is 0.752. The molecule has 2 heterocycles. The maximum Gasteiger partial charge on any atom is 0.241 e. The van der Waals surface area contributed by atoms with E-state index >= 15 is 0 Å². The van der Waals surface area contributed by atoms with Crippen LogP contribution in [0.2, 0.25) is 0 Å². The van der Waals surface area contributed by atoms with Gasteiger partial charge in [0, 0.05) is 11.7 Å². The smallest absolute Gasteiger partial charge is 0.241 e. The van der Waals surface area contributed by atoms with Crippen LogP contribution in [0.4, 0.5) is 5.69 Å². The Labute approximate surface area is 135 Å². The molecule has 6 nitrogen and oxygen atoms in total. The van der Waals surface area contributed by atoms with E-state index < -0.39 is 0 Å². The van der Waals surface area contributed by atoms with Crippen LogP contribution < -0.4 is 10.6 Å². The van der Waals surface area contributed by atoms with Gasteiger partial charge in [-0.15, -0.1) is 5.10 Å². The predicted octanol–water partition coefficient (Wildman–Crippen LogP) is 2.13. The SMILES string of the molecule is O=C(Nc1ccc(-n2ccnn2)cc1)C1CC2CCCCC2N1. The van der Waals surface area contributed by atoms with Crippen molar-refractivity contribution in [1.29, 1.82) is 0 Å². The largest absolute Gasteiger partial charge is 0.325 e. The van der Waals surface area contributed by atoms with Gasteiger partial charge in [-0.2, -0.15) is 0 Å². The summed E-state index contributed by atoms with van der Waals surface area (Å²) in [6.45, 7) is 0. The van der Waals surface area contributed by atoms with Gasteiger partial charge in [-0.1, -0.05) is 18.1 Å². The van der Waals surface area contributed by atoms with Crippen molar-refractivity contribution in [1.82, 2.24) is 20.3 Å². The number of carbonyl (C=O) groups is 1. The molecule has 0 bridgehead atoms. The van der Waals surface area contributed by atoms with E-state index in [1.54, 1.807) is 17.1 Å². The quantitative estimate of drug-likeness (QED) is 0.911. The van der Waals surface area contributed by atoms with Gasteiger partial charge in [-0.25, -0.2) is 4.68 Å². The molecule has 1 amide bonds. The number of amides is 1. The first-order valence-corrected chi connectivity index (χ1v) is 8.33. The van der Waals surface area contributed by atoms with Gasteiger partial charge >= 0.3 is 0 Å². The average Bonchev–Trinajstić information content (AvgIpc) is 3.25. The normalized spacial score (nSPS) is 26.7. The first-order valence-electron chi connectivity index (χ1n) is 8.33. The van der Waals surface area contributed by atoms with Crippen molar-refractivity contribution in [2.24, 2.45) is 5.92 Å². The minimum absolute atomic E-state index is 0.0573. The first-order chi connectivity index (χ1) is 11.3. The van der Waals surface area contributed by atoms with Crippen LogP contribution in [-0.2, 0) is 4.79 Å². The highest BCUT2D eigenvalue weighted by Gasteiger charge is 2.38. The topological polar surface area (TPSA) is 71.8 Å². The number of rotatable bonds is 3. The molecule has 3 atom stereocenters. The van der Waals surface area contributed by atoms with Crippen molar-refractivity contribution < 1.29 is 4.79 Å². The zero-order chi connectivity index (χ0) is 15.6. The summed E-state index contributed by atoms with van der Waals surface area (Å²) in [7, 11) is 0. The number of hydrogen-bond donors (Lipinski definition) is 2. The van der Waals surface area contributed by atoms with E-state index in [1.807, 2.05) is 24.3 Å². The molecule has 1 aromatic carbocycles. The molecule has 0 radical (unpaired) electrons. The third kappa shape index (κ3) is 2.99. The zero-order valence-electron chi connectivity index (χ0n) is 13.0. The first kappa shape index (κ1) is 14.4. The van der Waals surface area contributed by atoms with Gasteiger partial charge in [0.15, 0.2) is 0 Å². The van der Waals surface area contributed by atoms with Crippen LogP contribution in [0, 0.1) is 5.92 Å². The molecule has 4 rings (SSSR count). The molecule has 0 spiro atoms. The third-order valence-corrected chi connectivity index (χ3v) is 5.00. The highest BCUT2D eigenvalue weighted by Crippen LogP contribution is 2.33. The van der Waals surface area contributed by atoms with E-state index in [2.05, 4.69) is 20.9 Å². The molecule has 2 N–H and O–H groups in total. The second-order valence-electron chi connectivity index (χ2n) is 6.49. The Morgan fingerprint density at radius 2 is 2.04 bits per heavy atom. The van der Waals surface area contributed by atoms with Gasteiger partial charge in [0.1, 0.15) is 0 Å². The Kier molecular flexibility index (Phi) is 3.83. The van der Waals surface area contributed by atoms with Gasteiger partial charge in [0.05, 0.1) is 24.1 Å². The van der Waals surface area contributed by atoms with Crippen LogP contribution in [-0.4, -0.2) is 33.0 Å². The number of nitrogens with zero attached hydrogens (tertiary/aromatic N) is 3. The van der Waals surface area contributed by atoms with Crippen LogP contribution >= 0.6 is 0 Å². The van der Waals surface area contributed by atoms with Crippen molar-refractivity contribution in [3.63, 3.8) is 0 Å². The van der Waals surface area contributed by atoms with Crippen molar-refractivity contribution >= 4 is 11.6 Å². The fraction of sp³-hybridized carbons (Fsp3) is 0.471. The van der Waals surface area contributed by atoms with Crippen LogP contribution in [0.15, 0.2) is 36.7 Å². The molecule has 2 aliphatic rings. The highest BCUT2D eigenvalue weighted by atomic mass is 16.2. The number of fused-ring (bicyclic) bond motifs is 1. The lowest BCUT2D eigenvalue weighted by Crippen LogP contribution is -2.39. The Morgan fingerprint density at radius 1 is 1.22 bits per heavy atom. The molecule has 120 valence electrons. The van der Waals surface area contributed by atoms with Gasteiger partial charge in [-0.3, -0.25) is 4.79 Å². The summed E-state index contributed by atoms with van der Waals surface area (Å²) in [5.41, 5.74) is 1.74. The molecule has 2 aromatic rings. The van der Waals surface area contributed by atoms with Gasteiger partial charge in [0.2, 0.25) is 5.91 Å². The monoisotopic (exact) mass is 311 g/mol. The molecule has 2 fully saturated rings. The highest BCUT2D eigenvalue weighted by molar-refractivity contribution is 5.95. The molecule has 1 saturated carbocycles. The fourth-order valence-corrected chi connectivity index (χ4v) is 3.79. The van der Waals surface area contributed by atoms with Gasteiger partial charge in [-0.05, 0) is 49.4 Å². The second-order valence-corrected chi connectivity index (χ2v) is 6.49. The molecule has 23 heavy (non-hydrogen) atoms. The molecule has 1 saturated heterocycles. The molecule has 3 unspecified atom stereocenters. The lowest BCUT2D eigenvalue weighted by atomic mass is 9.85. The summed E-state index contributed by atoms with van der Waals surface area (Å²) < 4.78 is 1.69. The van der Waals surface area contributed by atoms with E-state index in [9.17, 15) is 4.79 Å². The van der Waals surface area contributed by atoms with Crippen molar-refractivity contribution in [2.75, 3.05) is 5.32 Å². The van der Waals surface area contributed by atoms with Crippen molar-refractivity contribution in [3.8, 4) is 5.69 Å². The van der Waals surface area contributed by atoms with Crippen molar-refractivity contribution in [2.45, 2.75) is 44.2 Å². The number of hydrogen-bond acceptors (Lipinski definition) is 4. The second kappa shape index (κ2) is 6.12. The number of anilines is 1. The maximum absolute atomic E-state index is 12.5. The predicted molar refractivity (Wildman–Crippen MR) is 87.3 cm³/mol. The lowest BCUT2D eigenvalue weighted by molar-refractivity contribution is -0.117. The van der Waals surface area contributed by atoms with E-state index in [0.29, 0.717) is 12.0 Å². The Morgan fingerprint density at radius 3 is 2.78 bits per heavy atom. The van der Waals surface area contributed by atoms with E-state index in [4.69, 9.17) is 0 Å². The standard InChI is InChI=1S/C17H21N5O/c23-17(16-11-12-3-1-2-4-15(12)20-16)19-13-5-7-14(8-6-13)22-10-9-18-21-22/h5-10,12,15-16,20H,1-4,11H2,(H,19,23).